The van der Waals surface area contributed by atoms with Crippen LogP contribution in [-0.2, 0) is 6.42 Å². The minimum absolute atomic E-state index is 0.731. The van der Waals surface area contributed by atoms with Crippen molar-refractivity contribution in [1.82, 2.24) is 9.97 Å². The molecule has 3 aromatic rings. The van der Waals surface area contributed by atoms with Gasteiger partial charge < -0.3 is 10.6 Å². The molecule has 1 heterocycles. The zero-order chi connectivity index (χ0) is 14.7. The maximum absolute atomic E-state index is 5.88. The standard InChI is InChI=1S/C17H18N4/c1-21(10-9-13-5-3-2-4-6-13)17-15-11-14(18)7-8-16(15)19-12-20-17/h2-8,11-12H,9-10,18H2,1H3. The van der Waals surface area contributed by atoms with Crippen LogP contribution in [0.5, 0.6) is 0 Å². The summed E-state index contributed by atoms with van der Waals surface area (Å²) in [5, 5.41) is 0.994. The Kier molecular flexibility index (Phi) is 3.69. The highest BCUT2D eigenvalue weighted by Gasteiger charge is 2.09. The van der Waals surface area contributed by atoms with E-state index >= 15 is 0 Å². The number of hydrogen-bond acceptors (Lipinski definition) is 4. The third-order valence-corrected chi connectivity index (χ3v) is 3.58. The van der Waals surface area contributed by atoms with Crippen LogP contribution in [0.3, 0.4) is 0 Å². The SMILES string of the molecule is CN(CCc1ccccc1)c1ncnc2ccc(N)cc12. The molecule has 0 aliphatic heterocycles. The Morgan fingerprint density at radius 3 is 2.67 bits per heavy atom. The second kappa shape index (κ2) is 5.79. The fourth-order valence-electron chi connectivity index (χ4n) is 2.41. The number of anilines is 2. The summed E-state index contributed by atoms with van der Waals surface area (Å²) >= 11 is 0. The van der Waals surface area contributed by atoms with E-state index in [2.05, 4.69) is 39.1 Å². The van der Waals surface area contributed by atoms with Crippen molar-refractivity contribution in [2.45, 2.75) is 6.42 Å². The molecule has 0 saturated heterocycles. The van der Waals surface area contributed by atoms with Crippen molar-refractivity contribution in [2.75, 3.05) is 24.2 Å². The predicted octanol–water partition coefficient (Wildman–Crippen LogP) is 2.89. The Morgan fingerprint density at radius 1 is 1.05 bits per heavy atom. The van der Waals surface area contributed by atoms with Gasteiger partial charge in [0.15, 0.2) is 0 Å². The number of rotatable bonds is 4. The van der Waals surface area contributed by atoms with E-state index in [1.54, 1.807) is 6.33 Å². The molecule has 0 aliphatic rings. The van der Waals surface area contributed by atoms with Crippen molar-refractivity contribution in [3.05, 3.63) is 60.4 Å². The summed E-state index contributed by atoms with van der Waals surface area (Å²) in [6.07, 6.45) is 2.58. The predicted molar refractivity (Wildman–Crippen MR) is 87.4 cm³/mol. The summed E-state index contributed by atoms with van der Waals surface area (Å²) in [6.45, 7) is 0.894. The number of nitrogen functional groups attached to an aromatic ring is 1. The van der Waals surface area contributed by atoms with Crippen LogP contribution in [0.15, 0.2) is 54.9 Å². The zero-order valence-corrected chi connectivity index (χ0v) is 12.0. The minimum atomic E-state index is 0.731. The highest BCUT2D eigenvalue weighted by Crippen LogP contribution is 2.24. The Balaban J connectivity index is 1.84. The number of hydrogen-bond donors (Lipinski definition) is 1. The van der Waals surface area contributed by atoms with Crippen LogP contribution < -0.4 is 10.6 Å². The van der Waals surface area contributed by atoms with Gasteiger partial charge in [0, 0.05) is 24.7 Å². The molecule has 1 aromatic heterocycles. The van der Waals surface area contributed by atoms with Gasteiger partial charge >= 0.3 is 0 Å². The van der Waals surface area contributed by atoms with E-state index in [0.717, 1.165) is 35.4 Å². The fraction of sp³-hybridized carbons (Fsp3) is 0.176. The monoisotopic (exact) mass is 278 g/mol. The van der Waals surface area contributed by atoms with Gasteiger partial charge in [0.05, 0.1) is 5.52 Å². The lowest BCUT2D eigenvalue weighted by Crippen LogP contribution is -2.21. The van der Waals surface area contributed by atoms with Gasteiger partial charge in [-0.1, -0.05) is 30.3 Å². The summed E-state index contributed by atoms with van der Waals surface area (Å²) in [5.74, 6) is 0.920. The van der Waals surface area contributed by atoms with Gasteiger partial charge in [-0.2, -0.15) is 0 Å². The van der Waals surface area contributed by atoms with E-state index in [-0.39, 0.29) is 0 Å². The van der Waals surface area contributed by atoms with Gasteiger partial charge in [0.25, 0.3) is 0 Å². The molecule has 0 spiro atoms. The zero-order valence-electron chi connectivity index (χ0n) is 12.0. The first-order chi connectivity index (χ1) is 10.2. The van der Waals surface area contributed by atoms with Gasteiger partial charge in [-0.15, -0.1) is 0 Å². The van der Waals surface area contributed by atoms with E-state index in [4.69, 9.17) is 5.73 Å². The number of nitrogens with zero attached hydrogens (tertiary/aromatic N) is 3. The molecule has 0 unspecified atom stereocenters. The van der Waals surface area contributed by atoms with E-state index < -0.39 is 0 Å². The maximum Gasteiger partial charge on any atom is 0.139 e. The Labute approximate surface area is 124 Å². The van der Waals surface area contributed by atoms with Crippen LogP contribution in [0.25, 0.3) is 10.9 Å². The third kappa shape index (κ3) is 2.94. The van der Waals surface area contributed by atoms with Crippen molar-refractivity contribution in [3.63, 3.8) is 0 Å². The number of aromatic nitrogens is 2. The number of fused-ring (bicyclic) bond motifs is 1. The lowest BCUT2D eigenvalue weighted by molar-refractivity contribution is 0.862. The lowest BCUT2D eigenvalue weighted by atomic mass is 10.1. The van der Waals surface area contributed by atoms with Gasteiger partial charge in [0.1, 0.15) is 12.1 Å². The first kappa shape index (κ1) is 13.4. The van der Waals surface area contributed by atoms with Crippen LogP contribution in [0, 0.1) is 0 Å². The molecule has 0 radical (unpaired) electrons. The fourth-order valence-corrected chi connectivity index (χ4v) is 2.41. The first-order valence-electron chi connectivity index (χ1n) is 6.99. The number of nitrogens with two attached hydrogens (primary N) is 1. The van der Waals surface area contributed by atoms with Gasteiger partial charge in [-0.3, -0.25) is 0 Å². The smallest absolute Gasteiger partial charge is 0.139 e. The topological polar surface area (TPSA) is 55.0 Å². The Bertz CT molecular complexity index is 740. The quantitative estimate of drug-likeness (QED) is 0.746. The summed E-state index contributed by atoms with van der Waals surface area (Å²) in [7, 11) is 2.05. The van der Waals surface area contributed by atoms with Crippen molar-refractivity contribution < 1.29 is 0 Å². The van der Waals surface area contributed by atoms with Crippen LogP contribution in [0.2, 0.25) is 0 Å². The van der Waals surface area contributed by atoms with E-state index in [0.29, 0.717) is 0 Å². The molecule has 4 nitrogen and oxygen atoms in total. The molecule has 3 rings (SSSR count). The second-order valence-corrected chi connectivity index (χ2v) is 5.13. The largest absolute Gasteiger partial charge is 0.399 e. The van der Waals surface area contributed by atoms with Gasteiger partial charge in [-0.05, 0) is 30.2 Å². The number of benzene rings is 2. The molecule has 2 N–H and O–H groups in total. The van der Waals surface area contributed by atoms with E-state index in [1.165, 1.54) is 5.56 Å². The molecular weight excluding hydrogens is 260 g/mol. The molecule has 0 atom stereocenters. The average molecular weight is 278 g/mol. The summed E-state index contributed by atoms with van der Waals surface area (Å²) < 4.78 is 0. The molecule has 0 amide bonds. The maximum atomic E-state index is 5.88. The van der Waals surface area contributed by atoms with Crippen LogP contribution >= 0.6 is 0 Å². The highest BCUT2D eigenvalue weighted by atomic mass is 15.2. The minimum Gasteiger partial charge on any atom is -0.399 e. The molecule has 2 aromatic carbocycles. The van der Waals surface area contributed by atoms with Crippen molar-refractivity contribution in [1.29, 1.82) is 0 Å². The van der Waals surface area contributed by atoms with E-state index in [1.807, 2.05) is 31.3 Å². The molecule has 0 bridgehead atoms. The Hall–Kier alpha value is -2.62. The molecule has 4 heteroatoms. The normalized spacial score (nSPS) is 10.7. The number of likely N-dealkylation sites (N-methyl/N-ethyl adjacent to an activating group) is 1. The molecule has 106 valence electrons. The molecular formula is C17H18N4. The van der Waals surface area contributed by atoms with Crippen molar-refractivity contribution in [2.24, 2.45) is 0 Å². The first-order valence-corrected chi connectivity index (χ1v) is 6.99. The second-order valence-electron chi connectivity index (χ2n) is 5.13. The highest BCUT2D eigenvalue weighted by molar-refractivity contribution is 5.91. The summed E-state index contributed by atoms with van der Waals surface area (Å²) in [5.41, 5.74) is 8.85. The van der Waals surface area contributed by atoms with Gasteiger partial charge in [0.2, 0.25) is 0 Å². The van der Waals surface area contributed by atoms with Crippen LogP contribution in [0.4, 0.5) is 11.5 Å². The van der Waals surface area contributed by atoms with Gasteiger partial charge in [-0.25, -0.2) is 9.97 Å². The van der Waals surface area contributed by atoms with Crippen LogP contribution in [0.1, 0.15) is 5.56 Å². The molecule has 0 fully saturated rings. The third-order valence-electron chi connectivity index (χ3n) is 3.58. The molecule has 21 heavy (non-hydrogen) atoms. The van der Waals surface area contributed by atoms with Crippen molar-refractivity contribution in [3.8, 4) is 0 Å². The lowest BCUT2D eigenvalue weighted by Gasteiger charge is -2.19. The molecule has 0 aliphatic carbocycles. The average Bonchev–Trinajstić information content (AvgIpc) is 2.53. The van der Waals surface area contributed by atoms with E-state index in [9.17, 15) is 0 Å². The van der Waals surface area contributed by atoms with Crippen LogP contribution in [-0.4, -0.2) is 23.6 Å². The summed E-state index contributed by atoms with van der Waals surface area (Å²) in [6, 6.07) is 16.2. The van der Waals surface area contributed by atoms with Crippen molar-refractivity contribution >= 4 is 22.4 Å². The molecule has 0 saturated carbocycles. The summed E-state index contributed by atoms with van der Waals surface area (Å²) in [4.78, 5) is 10.9. The Morgan fingerprint density at radius 2 is 1.86 bits per heavy atom.